The predicted octanol–water partition coefficient (Wildman–Crippen LogP) is 3.11. The topological polar surface area (TPSA) is 67.0 Å². The Morgan fingerprint density at radius 2 is 2.18 bits per heavy atom. The van der Waals surface area contributed by atoms with Crippen molar-refractivity contribution in [2.24, 2.45) is 5.92 Å². The number of hydrogen-bond donors (Lipinski definition) is 2. The van der Waals surface area contributed by atoms with Crippen LogP contribution in [0.5, 0.6) is 5.75 Å². The van der Waals surface area contributed by atoms with Crippen molar-refractivity contribution in [2.45, 2.75) is 33.6 Å². The van der Waals surface area contributed by atoms with E-state index in [4.69, 9.17) is 4.74 Å². The SMILES string of the molecule is COc1cccc(CC(=O)Nc2c(CC(C)C)n[nH]c2C)c1. The predicted molar refractivity (Wildman–Crippen MR) is 87.2 cm³/mol. The van der Waals surface area contributed by atoms with Crippen LogP contribution in [0.4, 0.5) is 5.69 Å². The van der Waals surface area contributed by atoms with Gasteiger partial charge in [-0.1, -0.05) is 26.0 Å². The molecule has 0 aliphatic rings. The van der Waals surface area contributed by atoms with Gasteiger partial charge in [-0.3, -0.25) is 9.89 Å². The first-order chi connectivity index (χ1) is 10.5. The largest absolute Gasteiger partial charge is 0.497 e. The average Bonchev–Trinajstić information content (AvgIpc) is 2.79. The quantitative estimate of drug-likeness (QED) is 0.861. The van der Waals surface area contributed by atoms with E-state index in [-0.39, 0.29) is 5.91 Å². The van der Waals surface area contributed by atoms with Gasteiger partial charge in [-0.25, -0.2) is 0 Å². The summed E-state index contributed by atoms with van der Waals surface area (Å²) in [7, 11) is 1.62. The van der Waals surface area contributed by atoms with Gasteiger partial charge in [0.25, 0.3) is 0 Å². The molecule has 1 aromatic heterocycles. The molecule has 0 fully saturated rings. The average molecular weight is 301 g/mol. The molecule has 5 heteroatoms. The number of nitrogens with zero attached hydrogens (tertiary/aromatic N) is 1. The van der Waals surface area contributed by atoms with E-state index in [2.05, 4.69) is 29.4 Å². The number of anilines is 1. The van der Waals surface area contributed by atoms with Crippen molar-refractivity contribution in [3.63, 3.8) is 0 Å². The van der Waals surface area contributed by atoms with Crippen LogP contribution in [0.1, 0.15) is 30.8 Å². The third-order valence-corrected chi connectivity index (χ3v) is 3.39. The fraction of sp³-hybridized carbons (Fsp3) is 0.412. The Hall–Kier alpha value is -2.30. The van der Waals surface area contributed by atoms with E-state index < -0.39 is 0 Å². The number of amides is 1. The second-order valence-electron chi connectivity index (χ2n) is 5.84. The van der Waals surface area contributed by atoms with Gasteiger partial charge in [0.1, 0.15) is 5.75 Å². The monoisotopic (exact) mass is 301 g/mol. The minimum absolute atomic E-state index is 0.0530. The van der Waals surface area contributed by atoms with Gasteiger partial charge < -0.3 is 10.1 Å². The number of hydrogen-bond acceptors (Lipinski definition) is 3. The first kappa shape index (κ1) is 16.1. The van der Waals surface area contributed by atoms with Crippen molar-refractivity contribution in [3.8, 4) is 5.75 Å². The number of nitrogens with one attached hydrogen (secondary N) is 2. The van der Waals surface area contributed by atoms with Crippen LogP contribution in [0.2, 0.25) is 0 Å². The Morgan fingerprint density at radius 1 is 1.41 bits per heavy atom. The second kappa shape index (κ2) is 7.11. The van der Waals surface area contributed by atoms with Gasteiger partial charge in [-0.15, -0.1) is 0 Å². The fourth-order valence-corrected chi connectivity index (χ4v) is 2.33. The summed E-state index contributed by atoms with van der Waals surface area (Å²) >= 11 is 0. The molecule has 0 saturated carbocycles. The first-order valence-electron chi connectivity index (χ1n) is 7.46. The Labute approximate surface area is 131 Å². The normalized spacial score (nSPS) is 10.8. The van der Waals surface area contributed by atoms with Gasteiger partial charge in [0.15, 0.2) is 0 Å². The summed E-state index contributed by atoms with van der Waals surface area (Å²) in [6.07, 6.45) is 1.14. The van der Waals surface area contributed by atoms with Crippen LogP contribution in [0.15, 0.2) is 24.3 Å². The fourth-order valence-electron chi connectivity index (χ4n) is 2.33. The van der Waals surface area contributed by atoms with Crippen molar-refractivity contribution in [2.75, 3.05) is 12.4 Å². The number of H-pyrrole nitrogens is 1. The lowest BCUT2D eigenvalue weighted by Gasteiger charge is -2.09. The molecule has 2 rings (SSSR count). The molecule has 2 N–H and O–H groups in total. The molecule has 1 heterocycles. The first-order valence-corrected chi connectivity index (χ1v) is 7.46. The van der Waals surface area contributed by atoms with E-state index in [9.17, 15) is 4.79 Å². The van der Waals surface area contributed by atoms with E-state index in [0.717, 1.165) is 34.8 Å². The molecule has 5 nitrogen and oxygen atoms in total. The van der Waals surface area contributed by atoms with Gasteiger partial charge in [-0.2, -0.15) is 5.10 Å². The lowest BCUT2D eigenvalue weighted by Crippen LogP contribution is -2.16. The molecule has 0 bridgehead atoms. The Balaban J connectivity index is 2.07. The van der Waals surface area contributed by atoms with Crippen LogP contribution in [0.3, 0.4) is 0 Å². The Morgan fingerprint density at radius 3 is 2.86 bits per heavy atom. The van der Waals surface area contributed by atoms with Crippen molar-refractivity contribution >= 4 is 11.6 Å². The molecule has 1 aromatic carbocycles. The van der Waals surface area contributed by atoms with Gasteiger partial charge in [0.05, 0.1) is 30.6 Å². The van der Waals surface area contributed by atoms with Crippen LogP contribution in [0, 0.1) is 12.8 Å². The zero-order valence-corrected chi connectivity index (χ0v) is 13.6. The Bertz CT molecular complexity index is 647. The van der Waals surface area contributed by atoms with Crippen LogP contribution >= 0.6 is 0 Å². The maximum Gasteiger partial charge on any atom is 0.228 e. The summed E-state index contributed by atoms with van der Waals surface area (Å²) in [5.41, 5.74) is 3.52. The number of carbonyl (C=O) groups is 1. The van der Waals surface area contributed by atoms with Crippen LogP contribution in [0.25, 0.3) is 0 Å². The molecular formula is C17H23N3O2. The van der Waals surface area contributed by atoms with Gasteiger partial charge in [-0.05, 0) is 37.0 Å². The zero-order chi connectivity index (χ0) is 16.1. The maximum atomic E-state index is 12.3. The second-order valence-corrected chi connectivity index (χ2v) is 5.84. The van der Waals surface area contributed by atoms with E-state index in [0.29, 0.717) is 12.3 Å². The van der Waals surface area contributed by atoms with Crippen LogP contribution in [-0.2, 0) is 17.6 Å². The van der Waals surface area contributed by atoms with E-state index >= 15 is 0 Å². The summed E-state index contributed by atoms with van der Waals surface area (Å²) in [5, 5.41) is 10.2. The minimum atomic E-state index is -0.0530. The number of benzene rings is 1. The number of aromatic nitrogens is 2. The van der Waals surface area contributed by atoms with Crippen molar-refractivity contribution in [1.29, 1.82) is 0 Å². The standard InChI is InChI=1S/C17H23N3O2/c1-11(2)8-15-17(12(3)19-20-15)18-16(21)10-13-6-5-7-14(9-13)22-4/h5-7,9,11H,8,10H2,1-4H3,(H,18,21)(H,19,20). The Kier molecular flexibility index (Phi) is 5.20. The van der Waals surface area contributed by atoms with Crippen molar-refractivity contribution in [3.05, 3.63) is 41.2 Å². The lowest BCUT2D eigenvalue weighted by atomic mass is 10.1. The number of carbonyl (C=O) groups excluding carboxylic acids is 1. The minimum Gasteiger partial charge on any atom is -0.497 e. The summed E-state index contributed by atoms with van der Waals surface area (Å²) < 4.78 is 5.18. The van der Waals surface area contributed by atoms with E-state index in [1.165, 1.54) is 0 Å². The molecule has 0 spiro atoms. The molecular weight excluding hydrogens is 278 g/mol. The smallest absolute Gasteiger partial charge is 0.228 e. The summed E-state index contributed by atoms with van der Waals surface area (Å²) in [6.45, 7) is 6.18. The molecule has 22 heavy (non-hydrogen) atoms. The summed E-state index contributed by atoms with van der Waals surface area (Å²) in [6, 6.07) is 7.54. The highest BCUT2D eigenvalue weighted by atomic mass is 16.5. The highest BCUT2D eigenvalue weighted by molar-refractivity contribution is 5.93. The number of ether oxygens (including phenoxy) is 1. The van der Waals surface area contributed by atoms with Crippen LogP contribution in [-0.4, -0.2) is 23.2 Å². The molecule has 0 atom stereocenters. The number of aromatic amines is 1. The maximum absolute atomic E-state index is 12.3. The van der Waals surface area contributed by atoms with Crippen LogP contribution < -0.4 is 10.1 Å². The van der Waals surface area contributed by atoms with Gasteiger partial charge >= 0.3 is 0 Å². The van der Waals surface area contributed by atoms with Gasteiger partial charge in [0.2, 0.25) is 5.91 Å². The zero-order valence-electron chi connectivity index (χ0n) is 13.6. The molecule has 0 aliphatic heterocycles. The lowest BCUT2D eigenvalue weighted by molar-refractivity contribution is -0.115. The molecule has 118 valence electrons. The summed E-state index contributed by atoms with van der Waals surface area (Å²) in [5.74, 6) is 1.18. The highest BCUT2D eigenvalue weighted by Crippen LogP contribution is 2.21. The molecule has 0 saturated heterocycles. The molecule has 2 aromatic rings. The van der Waals surface area contributed by atoms with Crippen molar-refractivity contribution in [1.82, 2.24) is 10.2 Å². The molecule has 0 unspecified atom stereocenters. The number of methoxy groups -OCH3 is 1. The molecule has 0 radical (unpaired) electrons. The molecule has 0 aliphatic carbocycles. The molecule has 1 amide bonds. The van der Waals surface area contributed by atoms with E-state index in [1.807, 2.05) is 31.2 Å². The van der Waals surface area contributed by atoms with Gasteiger partial charge in [0, 0.05) is 0 Å². The third kappa shape index (κ3) is 4.10. The van der Waals surface area contributed by atoms with Crippen molar-refractivity contribution < 1.29 is 9.53 Å². The number of aryl methyl sites for hydroxylation is 1. The highest BCUT2D eigenvalue weighted by Gasteiger charge is 2.14. The third-order valence-electron chi connectivity index (χ3n) is 3.39. The number of rotatable bonds is 6. The van der Waals surface area contributed by atoms with E-state index in [1.54, 1.807) is 7.11 Å². The summed E-state index contributed by atoms with van der Waals surface area (Å²) in [4.78, 5) is 12.3.